The number of nitrogens with two attached hydrogens (primary N) is 1. The summed E-state index contributed by atoms with van der Waals surface area (Å²) in [6.45, 7) is 2.92. The predicted octanol–water partition coefficient (Wildman–Crippen LogP) is 3.48. The Balaban J connectivity index is 1.59. The van der Waals surface area contributed by atoms with Crippen molar-refractivity contribution in [3.05, 3.63) is 101 Å². The number of nitrogens with one attached hydrogen (secondary N) is 2. The van der Waals surface area contributed by atoms with E-state index in [9.17, 15) is 9.59 Å². The molecule has 36 heavy (non-hydrogen) atoms. The fourth-order valence-corrected chi connectivity index (χ4v) is 4.07. The van der Waals surface area contributed by atoms with Crippen LogP contribution in [0.1, 0.15) is 39.7 Å². The highest BCUT2D eigenvalue weighted by molar-refractivity contribution is 6.00. The van der Waals surface area contributed by atoms with Gasteiger partial charge in [-0.1, -0.05) is 54.6 Å². The molecule has 2 heterocycles. The fraction of sp³-hybridized carbons (Fsp3) is 0.250. The average molecular weight is 486 g/mol. The zero-order valence-corrected chi connectivity index (χ0v) is 20.4. The molecule has 0 aliphatic carbocycles. The number of aryl methyl sites for hydroxylation is 2. The van der Waals surface area contributed by atoms with Crippen molar-refractivity contribution in [1.29, 1.82) is 0 Å². The molecular weight excluding hydrogens is 454 g/mol. The number of imidazole rings is 1. The Morgan fingerprint density at radius 3 is 2.53 bits per heavy atom. The number of fused-ring (bicyclic) bond motifs is 1. The van der Waals surface area contributed by atoms with Crippen molar-refractivity contribution in [1.82, 2.24) is 14.7 Å². The summed E-state index contributed by atoms with van der Waals surface area (Å²) < 4.78 is 6.89. The molecule has 0 atom stereocenters. The van der Waals surface area contributed by atoms with E-state index in [1.165, 1.54) is 5.56 Å². The molecule has 0 aliphatic rings. The van der Waals surface area contributed by atoms with Crippen LogP contribution >= 0.6 is 0 Å². The van der Waals surface area contributed by atoms with Gasteiger partial charge in [-0.05, 0) is 48.6 Å². The lowest BCUT2D eigenvalue weighted by Crippen LogP contribution is -2.23. The molecule has 8 heteroatoms. The van der Waals surface area contributed by atoms with Crippen LogP contribution in [0, 0.1) is 0 Å². The number of carbonyl (C=O) groups excluding carboxylic acids is 2. The highest BCUT2D eigenvalue weighted by Crippen LogP contribution is 2.23. The summed E-state index contributed by atoms with van der Waals surface area (Å²) in [6, 6.07) is 21.5. The molecule has 186 valence electrons. The maximum absolute atomic E-state index is 13.2. The lowest BCUT2D eigenvalue weighted by Gasteiger charge is -2.10. The van der Waals surface area contributed by atoms with Crippen LogP contribution in [-0.2, 0) is 35.5 Å². The van der Waals surface area contributed by atoms with Gasteiger partial charge >= 0.3 is 5.97 Å². The molecule has 0 saturated heterocycles. The molecule has 2 aromatic heterocycles. The van der Waals surface area contributed by atoms with Crippen LogP contribution < -0.4 is 16.4 Å². The quantitative estimate of drug-likeness (QED) is 0.281. The third-order valence-corrected chi connectivity index (χ3v) is 5.85. The molecule has 0 fully saturated rings. The zero-order valence-electron chi connectivity index (χ0n) is 20.4. The van der Waals surface area contributed by atoms with Gasteiger partial charge in [-0.3, -0.25) is 14.0 Å². The molecule has 8 nitrogen and oxygen atoms in total. The number of esters is 1. The lowest BCUT2D eigenvalue weighted by atomic mass is 10.1. The van der Waals surface area contributed by atoms with Gasteiger partial charge in [0.2, 0.25) is 0 Å². The monoisotopic (exact) mass is 485 g/mol. The van der Waals surface area contributed by atoms with E-state index in [2.05, 4.69) is 22.8 Å². The van der Waals surface area contributed by atoms with Crippen LogP contribution in [0.25, 0.3) is 5.65 Å². The summed E-state index contributed by atoms with van der Waals surface area (Å²) in [5, 5.41) is 6.16. The number of aromatic nitrogens is 2. The van der Waals surface area contributed by atoms with E-state index in [1.807, 2.05) is 53.1 Å². The van der Waals surface area contributed by atoms with Crippen molar-refractivity contribution in [3.8, 4) is 0 Å². The minimum atomic E-state index is -0.352. The third-order valence-electron chi connectivity index (χ3n) is 5.85. The van der Waals surface area contributed by atoms with Crippen molar-refractivity contribution in [2.45, 2.75) is 32.9 Å². The smallest absolute Gasteiger partial charge is 0.325 e. The van der Waals surface area contributed by atoms with Crippen molar-refractivity contribution in [3.63, 3.8) is 0 Å². The number of benzene rings is 2. The second-order valence-electron chi connectivity index (χ2n) is 8.37. The lowest BCUT2D eigenvalue weighted by molar-refractivity contribution is -0.140. The first-order chi connectivity index (χ1) is 17.6. The molecule has 4 aromatic rings. The average Bonchev–Trinajstić information content (AvgIpc) is 3.27. The number of nitrogens with zero attached hydrogens (tertiary/aromatic N) is 2. The van der Waals surface area contributed by atoms with Crippen LogP contribution in [-0.4, -0.2) is 34.4 Å². The molecule has 1 amide bonds. The van der Waals surface area contributed by atoms with Crippen molar-refractivity contribution in [2.24, 2.45) is 5.73 Å². The standard InChI is InChI=1S/C28H31N5O3/c1-2-36-25(34)19-30-27-24(14-13-20-8-4-3-5-9-20)32-26-23(12-7-15-33(26)27)28(35)31-18-22-11-6-10-21(16-22)17-29/h3-12,15-16,30H,2,13-14,17-19,29H2,1H3,(H,31,35). The summed E-state index contributed by atoms with van der Waals surface area (Å²) in [5.41, 5.74) is 10.7. The van der Waals surface area contributed by atoms with Crippen LogP contribution in [0.5, 0.6) is 0 Å². The number of rotatable bonds is 11. The number of ether oxygens (including phenoxy) is 1. The fourth-order valence-electron chi connectivity index (χ4n) is 4.07. The first-order valence-corrected chi connectivity index (χ1v) is 12.1. The van der Waals surface area contributed by atoms with Gasteiger partial charge in [0.25, 0.3) is 5.91 Å². The van der Waals surface area contributed by atoms with E-state index in [0.29, 0.717) is 43.1 Å². The summed E-state index contributed by atoms with van der Waals surface area (Å²) in [7, 11) is 0. The highest BCUT2D eigenvalue weighted by atomic mass is 16.5. The van der Waals surface area contributed by atoms with Crippen molar-refractivity contribution in [2.75, 3.05) is 18.5 Å². The molecule has 2 aromatic carbocycles. The molecular formula is C28H31N5O3. The SMILES string of the molecule is CCOC(=O)CNc1c(CCc2ccccc2)nc2c(C(=O)NCc3cccc(CN)c3)cccn12. The Bertz CT molecular complexity index is 1330. The number of hydrogen-bond acceptors (Lipinski definition) is 6. The minimum absolute atomic E-state index is 0.00782. The van der Waals surface area contributed by atoms with Crippen LogP contribution in [0.4, 0.5) is 5.82 Å². The second kappa shape index (κ2) is 12.0. The largest absolute Gasteiger partial charge is 0.465 e. The van der Waals surface area contributed by atoms with Gasteiger partial charge in [-0.2, -0.15) is 0 Å². The van der Waals surface area contributed by atoms with E-state index in [-0.39, 0.29) is 18.4 Å². The Kier molecular flexibility index (Phi) is 8.31. The van der Waals surface area contributed by atoms with E-state index >= 15 is 0 Å². The molecule has 0 aliphatic heterocycles. The van der Waals surface area contributed by atoms with Gasteiger partial charge in [-0.25, -0.2) is 4.98 Å². The summed E-state index contributed by atoms with van der Waals surface area (Å²) in [5.74, 6) is 0.102. The van der Waals surface area contributed by atoms with Gasteiger partial charge in [0.1, 0.15) is 12.4 Å². The Labute approximate surface area is 210 Å². The number of hydrogen-bond donors (Lipinski definition) is 3. The molecule has 0 saturated carbocycles. The van der Waals surface area contributed by atoms with Crippen molar-refractivity contribution < 1.29 is 14.3 Å². The maximum Gasteiger partial charge on any atom is 0.325 e. The Morgan fingerprint density at radius 1 is 0.972 bits per heavy atom. The molecule has 4 N–H and O–H groups in total. The van der Waals surface area contributed by atoms with E-state index in [1.54, 1.807) is 19.1 Å². The van der Waals surface area contributed by atoms with Crippen LogP contribution in [0.3, 0.4) is 0 Å². The predicted molar refractivity (Wildman–Crippen MR) is 140 cm³/mol. The molecule has 4 rings (SSSR count). The summed E-state index contributed by atoms with van der Waals surface area (Å²) >= 11 is 0. The van der Waals surface area contributed by atoms with Gasteiger partial charge < -0.3 is 21.1 Å². The number of anilines is 1. The molecule has 0 radical (unpaired) electrons. The number of amides is 1. The molecule has 0 bridgehead atoms. The summed E-state index contributed by atoms with van der Waals surface area (Å²) in [4.78, 5) is 30.0. The minimum Gasteiger partial charge on any atom is -0.465 e. The Morgan fingerprint density at radius 2 is 1.75 bits per heavy atom. The summed E-state index contributed by atoms with van der Waals surface area (Å²) in [6.07, 6.45) is 3.25. The van der Waals surface area contributed by atoms with Crippen LogP contribution in [0.15, 0.2) is 72.9 Å². The molecule has 0 spiro atoms. The van der Waals surface area contributed by atoms with Crippen molar-refractivity contribution >= 4 is 23.3 Å². The van der Waals surface area contributed by atoms with Gasteiger partial charge in [-0.15, -0.1) is 0 Å². The second-order valence-corrected chi connectivity index (χ2v) is 8.37. The number of pyridine rings is 1. The van der Waals surface area contributed by atoms with Gasteiger partial charge in [0.05, 0.1) is 17.9 Å². The topological polar surface area (TPSA) is 111 Å². The van der Waals surface area contributed by atoms with E-state index < -0.39 is 0 Å². The van der Waals surface area contributed by atoms with E-state index in [0.717, 1.165) is 23.2 Å². The zero-order chi connectivity index (χ0) is 25.3. The first-order valence-electron chi connectivity index (χ1n) is 12.1. The Hall–Kier alpha value is -4.17. The van der Waals surface area contributed by atoms with E-state index in [4.69, 9.17) is 15.5 Å². The third kappa shape index (κ3) is 6.09. The maximum atomic E-state index is 13.2. The first kappa shape index (κ1) is 24.9. The highest BCUT2D eigenvalue weighted by Gasteiger charge is 2.19. The normalized spacial score (nSPS) is 10.8. The van der Waals surface area contributed by atoms with Gasteiger partial charge in [0.15, 0.2) is 5.65 Å². The van der Waals surface area contributed by atoms with Gasteiger partial charge in [0, 0.05) is 19.3 Å². The number of carbonyl (C=O) groups is 2. The van der Waals surface area contributed by atoms with Crippen LogP contribution in [0.2, 0.25) is 0 Å². The molecule has 0 unspecified atom stereocenters.